The first-order valence-electron chi connectivity index (χ1n) is 9.23. The van der Waals surface area contributed by atoms with Gasteiger partial charge in [0.15, 0.2) is 11.5 Å². The van der Waals surface area contributed by atoms with Gasteiger partial charge in [-0.05, 0) is 37.3 Å². The standard InChI is InChI=1S/C20H22N6OS/c1-11(2)15-9-18(25-24-15)23-20(27)13-8-16(17-6-5-7-28-17)22-19-14(13)10-21-26(19)12(3)4/h5-12H,1-4H3,(H2,23,24,25,27). The van der Waals surface area contributed by atoms with Crippen molar-refractivity contribution in [3.8, 4) is 10.6 Å². The summed E-state index contributed by atoms with van der Waals surface area (Å²) in [5.74, 6) is 0.586. The molecule has 8 heteroatoms. The van der Waals surface area contributed by atoms with Gasteiger partial charge in [0.1, 0.15) is 0 Å². The van der Waals surface area contributed by atoms with Crippen LogP contribution >= 0.6 is 11.3 Å². The van der Waals surface area contributed by atoms with E-state index in [4.69, 9.17) is 4.98 Å². The summed E-state index contributed by atoms with van der Waals surface area (Å²) in [5.41, 5.74) is 2.98. The Kier molecular flexibility index (Phi) is 4.72. The van der Waals surface area contributed by atoms with E-state index in [2.05, 4.69) is 34.5 Å². The first-order chi connectivity index (χ1) is 13.4. The molecule has 2 N–H and O–H groups in total. The van der Waals surface area contributed by atoms with E-state index in [0.717, 1.165) is 21.7 Å². The van der Waals surface area contributed by atoms with Crippen LogP contribution in [0.2, 0.25) is 0 Å². The number of H-pyrrole nitrogens is 1. The molecular formula is C20H22N6OS. The minimum Gasteiger partial charge on any atom is -0.305 e. The van der Waals surface area contributed by atoms with E-state index >= 15 is 0 Å². The van der Waals surface area contributed by atoms with E-state index in [9.17, 15) is 4.79 Å². The van der Waals surface area contributed by atoms with Crippen LogP contribution in [0, 0.1) is 0 Å². The number of anilines is 1. The summed E-state index contributed by atoms with van der Waals surface area (Å²) < 4.78 is 1.84. The topological polar surface area (TPSA) is 88.5 Å². The quantitative estimate of drug-likeness (QED) is 0.507. The number of aromatic nitrogens is 5. The van der Waals surface area contributed by atoms with Crippen LogP contribution in [0.15, 0.2) is 35.8 Å². The summed E-state index contributed by atoms with van der Waals surface area (Å²) in [6, 6.07) is 7.80. The lowest BCUT2D eigenvalue weighted by atomic mass is 10.1. The molecule has 0 aromatic carbocycles. The molecule has 7 nitrogen and oxygen atoms in total. The van der Waals surface area contributed by atoms with Crippen LogP contribution in [0.1, 0.15) is 55.7 Å². The third-order valence-electron chi connectivity index (χ3n) is 4.54. The van der Waals surface area contributed by atoms with Crippen LogP contribution in [0.4, 0.5) is 5.82 Å². The highest BCUT2D eigenvalue weighted by Gasteiger charge is 2.19. The van der Waals surface area contributed by atoms with Gasteiger partial charge >= 0.3 is 0 Å². The monoisotopic (exact) mass is 394 g/mol. The summed E-state index contributed by atoms with van der Waals surface area (Å²) in [7, 11) is 0. The summed E-state index contributed by atoms with van der Waals surface area (Å²) in [4.78, 5) is 18.9. The van der Waals surface area contributed by atoms with Crippen molar-refractivity contribution in [3.05, 3.63) is 47.1 Å². The van der Waals surface area contributed by atoms with Crippen LogP contribution in [-0.2, 0) is 0 Å². The summed E-state index contributed by atoms with van der Waals surface area (Å²) >= 11 is 1.59. The molecule has 0 aliphatic heterocycles. The van der Waals surface area contributed by atoms with E-state index in [1.807, 2.05) is 48.2 Å². The van der Waals surface area contributed by atoms with Crippen molar-refractivity contribution in [1.29, 1.82) is 0 Å². The van der Waals surface area contributed by atoms with Crippen LogP contribution in [0.25, 0.3) is 21.6 Å². The molecule has 4 heterocycles. The van der Waals surface area contributed by atoms with Crippen molar-refractivity contribution in [2.24, 2.45) is 0 Å². The fraction of sp³-hybridized carbons (Fsp3) is 0.300. The van der Waals surface area contributed by atoms with Crippen molar-refractivity contribution >= 4 is 34.1 Å². The van der Waals surface area contributed by atoms with Gasteiger partial charge in [0.05, 0.1) is 27.7 Å². The van der Waals surface area contributed by atoms with Crippen LogP contribution in [0.5, 0.6) is 0 Å². The number of fused-ring (bicyclic) bond motifs is 1. The van der Waals surface area contributed by atoms with Crippen LogP contribution < -0.4 is 5.32 Å². The van der Waals surface area contributed by atoms with Crippen molar-refractivity contribution in [2.45, 2.75) is 39.7 Å². The largest absolute Gasteiger partial charge is 0.305 e. The van der Waals surface area contributed by atoms with E-state index in [1.165, 1.54) is 0 Å². The van der Waals surface area contributed by atoms with E-state index < -0.39 is 0 Å². The molecule has 4 aromatic heterocycles. The SMILES string of the molecule is CC(C)c1cc(NC(=O)c2cc(-c3cccs3)nc3c2cnn3C(C)C)n[nH]1. The molecule has 0 aliphatic carbocycles. The molecule has 0 saturated carbocycles. The van der Waals surface area contributed by atoms with Gasteiger partial charge in [-0.1, -0.05) is 19.9 Å². The average Bonchev–Trinajstić information content (AvgIpc) is 3.40. The minimum atomic E-state index is -0.227. The molecule has 0 spiro atoms. The van der Waals surface area contributed by atoms with Crippen molar-refractivity contribution in [2.75, 3.05) is 5.32 Å². The average molecular weight is 395 g/mol. The molecule has 0 fully saturated rings. The predicted octanol–water partition coefficient (Wildman–Crippen LogP) is 4.84. The second-order valence-corrected chi connectivity index (χ2v) is 8.22. The lowest BCUT2D eigenvalue weighted by Crippen LogP contribution is -2.13. The summed E-state index contributed by atoms with van der Waals surface area (Å²) in [5, 5.41) is 17.2. The van der Waals surface area contributed by atoms with Gasteiger partial charge in [0.2, 0.25) is 0 Å². The molecule has 4 rings (SSSR count). The molecule has 0 atom stereocenters. The van der Waals surface area contributed by atoms with Crippen molar-refractivity contribution in [1.82, 2.24) is 25.0 Å². The lowest BCUT2D eigenvalue weighted by molar-refractivity contribution is 0.102. The maximum absolute atomic E-state index is 13.1. The van der Waals surface area contributed by atoms with Gasteiger partial charge in [-0.15, -0.1) is 11.3 Å². The maximum Gasteiger partial charge on any atom is 0.257 e. The third kappa shape index (κ3) is 3.31. The highest BCUT2D eigenvalue weighted by atomic mass is 32.1. The summed E-state index contributed by atoms with van der Waals surface area (Å²) in [6.07, 6.45) is 1.71. The maximum atomic E-state index is 13.1. The minimum absolute atomic E-state index is 0.138. The number of hydrogen-bond donors (Lipinski definition) is 2. The van der Waals surface area contributed by atoms with Crippen molar-refractivity contribution in [3.63, 3.8) is 0 Å². The van der Waals surface area contributed by atoms with Gasteiger partial charge in [0, 0.05) is 17.8 Å². The molecule has 0 radical (unpaired) electrons. The molecule has 0 bridgehead atoms. The Morgan fingerprint density at radius 3 is 2.71 bits per heavy atom. The number of aromatic amines is 1. The molecular weight excluding hydrogens is 372 g/mol. The Morgan fingerprint density at radius 2 is 2.07 bits per heavy atom. The smallest absolute Gasteiger partial charge is 0.257 e. The Labute approximate surface area is 166 Å². The highest BCUT2D eigenvalue weighted by molar-refractivity contribution is 7.13. The number of carbonyl (C=O) groups excluding carboxylic acids is 1. The predicted molar refractivity (Wildman–Crippen MR) is 112 cm³/mol. The first kappa shape index (κ1) is 18.4. The number of hydrogen-bond acceptors (Lipinski definition) is 5. The number of carbonyl (C=O) groups is 1. The molecule has 0 saturated heterocycles. The zero-order valence-electron chi connectivity index (χ0n) is 16.2. The number of rotatable bonds is 5. The number of amides is 1. The van der Waals surface area contributed by atoms with E-state index in [1.54, 1.807) is 17.5 Å². The zero-order valence-corrected chi connectivity index (χ0v) is 17.0. The molecule has 144 valence electrons. The zero-order chi connectivity index (χ0) is 19.8. The Hall–Kier alpha value is -3.00. The van der Waals surface area contributed by atoms with Crippen LogP contribution in [0.3, 0.4) is 0 Å². The first-order valence-corrected chi connectivity index (χ1v) is 10.1. The fourth-order valence-electron chi connectivity index (χ4n) is 3.01. The molecule has 1 amide bonds. The molecule has 4 aromatic rings. The number of nitrogens with one attached hydrogen (secondary N) is 2. The molecule has 28 heavy (non-hydrogen) atoms. The van der Waals surface area contributed by atoms with Gasteiger partial charge < -0.3 is 5.32 Å². The summed E-state index contributed by atoms with van der Waals surface area (Å²) in [6.45, 7) is 8.23. The lowest BCUT2D eigenvalue weighted by Gasteiger charge is -2.09. The molecule has 0 aliphatic rings. The second kappa shape index (κ2) is 7.20. The van der Waals surface area contributed by atoms with Gasteiger partial charge in [0.25, 0.3) is 5.91 Å². The Bertz CT molecular complexity index is 1120. The van der Waals surface area contributed by atoms with Crippen LogP contribution in [-0.4, -0.2) is 30.9 Å². The number of nitrogens with zero attached hydrogens (tertiary/aromatic N) is 4. The normalized spacial score (nSPS) is 11.6. The third-order valence-corrected chi connectivity index (χ3v) is 5.43. The Balaban J connectivity index is 1.79. The van der Waals surface area contributed by atoms with Gasteiger partial charge in [-0.2, -0.15) is 10.2 Å². The number of thiophene rings is 1. The Morgan fingerprint density at radius 1 is 1.25 bits per heavy atom. The van der Waals surface area contributed by atoms with Gasteiger partial charge in [-0.25, -0.2) is 9.67 Å². The van der Waals surface area contributed by atoms with E-state index in [-0.39, 0.29) is 11.9 Å². The van der Waals surface area contributed by atoms with E-state index in [0.29, 0.717) is 22.9 Å². The van der Waals surface area contributed by atoms with Crippen molar-refractivity contribution < 1.29 is 4.79 Å². The number of pyridine rings is 1. The fourth-order valence-corrected chi connectivity index (χ4v) is 3.70. The molecule has 0 unspecified atom stereocenters. The highest BCUT2D eigenvalue weighted by Crippen LogP contribution is 2.29. The second-order valence-electron chi connectivity index (χ2n) is 7.27. The van der Waals surface area contributed by atoms with Gasteiger partial charge in [-0.3, -0.25) is 9.89 Å².